The number of hydrogen-bond donors (Lipinski definition) is 2. The summed E-state index contributed by atoms with van der Waals surface area (Å²) in [4.78, 5) is 0. The highest BCUT2D eigenvalue weighted by atomic mass is 16.3. The Bertz CT molecular complexity index is 262. The van der Waals surface area contributed by atoms with Crippen LogP contribution in [0.1, 0.15) is 18.1 Å². The Labute approximate surface area is 78.8 Å². The van der Waals surface area contributed by atoms with Gasteiger partial charge in [0.1, 0.15) is 0 Å². The van der Waals surface area contributed by atoms with Gasteiger partial charge in [0.15, 0.2) is 0 Å². The second-order valence-corrected chi connectivity index (χ2v) is 3.82. The minimum absolute atomic E-state index is 0.207. The number of aryl methyl sites for hydroxylation is 1. The van der Waals surface area contributed by atoms with Crippen molar-refractivity contribution in [3.8, 4) is 0 Å². The summed E-state index contributed by atoms with van der Waals surface area (Å²) in [5, 5.41) is 18.5. The molecule has 0 radical (unpaired) electrons. The smallest absolute Gasteiger partial charge is 0.0889 e. The van der Waals surface area contributed by atoms with Crippen molar-refractivity contribution in [2.45, 2.75) is 25.9 Å². The van der Waals surface area contributed by atoms with Gasteiger partial charge in [-0.1, -0.05) is 29.8 Å². The lowest BCUT2D eigenvalue weighted by Gasteiger charge is -2.20. The number of aliphatic hydroxyl groups excluding tert-OH is 1. The Morgan fingerprint density at radius 3 is 2.23 bits per heavy atom. The van der Waals surface area contributed by atoms with Crippen LogP contribution >= 0.6 is 0 Å². The summed E-state index contributed by atoms with van der Waals surface area (Å²) in [5.74, 6) is 0. The Morgan fingerprint density at radius 2 is 1.77 bits per heavy atom. The van der Waals surface area contributed by atoms with E-state index in [4.69, 9.17) is 5.11 Å². The van der Waals surface area contributed by atoms with Gasteiger partial charge in [-0.05, 0) is 19.4 Å². The zero-order valence-electron chi connectivity index (χ0n) is 8.12. The highest BCUT2D eigenvalue weighted by Crippen LogP contribution is 2.12. The van der Waals surface area contributed by atoms with Crippen molar-refractivity contribution in [3.63, 3.8) is 0 Å². The van der Waals surface area contributed by atoms with Crippen molar-refractivity contribution < 1.29 is 10.2 Å². The van der Waals surface area contributed by atoms with Gasteiger partial charge in [0, 0.05) is 6.42 Å². The van der Waals surface area contributed by atoms with E-state index in [0.717, 1.165) is 5.56 Å². The van der Waals surface area contributed by atoms with Gasteiger partial charge >= 0.3 is 0 Å². The van der Waals surface area contributed by atoms with E-state index in [1.165, 1.54) is 5.56 Å². The number of hydrogen-bond acceptors (Lipinski definition) is 2. The van der Waals surface area contributed by atoms with Gasteiger partial charge in [-0.15, -0.1) is 0 Å². The number of rotatable bonds is 3. The Balaban J connectivity index is 2.69. The zero-order chi connectivity index (χ0) is 9.90. The molecule has 1 rings (SSSR count). The van der Waals surface area contributed by atoms with E-state index in [0.29, 0.717) is 6.42 Å². The van der Waals surface area contributed by atoms with Crippen molar-refractivity contribution in [2.75, 3.05) is 6.61 Å². The van der Waals surface area contributed by atoms with Crippen LogP contribution in [0.4, 0.5) is 0 Å². The van der Waals surface area contributed by atoms with Gasteiger partial charge in [0.05, 0.1) is 12.2 Å². The van der Waals surface area contributed by atoms with Crippen LogP contribution in [0, 0.1) is 6.92 Å². The molecule has 1 unspecified atom stereocenters. The Kier molecular flexibility index (Phi) is 3.07. The zero-order valence-corrected chi connectivity index (χ0v) is 8.12. The fourth-order valence-corrected chi connectivity index (χ4v) is 1.20. The van der Waals surface area contributed by atoms with Crippen molar-refractivity contribution in [3.05, 3.63) is 35.4 Å². The molecule has 1 aromatic carbocycles. The SMILES string of the molecule is Cc1ccc(CC(C)(O)CO)cc1. The van der Waals surface area contributed by atoms with Crippen molar-refractivity contribution in [1.29, 1.82) is 0 Å². The standard InChI is InChI=1S/C11H16O2/c1-9-3-5-10(6-4-9)7-11(2,13)8-12/h3-6,12-13H,7-8H2,1-2H3. The summed E-state index contributed by atoms with van der Waals surface area (Å²) in [6.07, 6.45) is 0.490. The summed E-state index contributed by atoms with van der Waals surface area (Å²) >= 11 is 0. The van der Waals surface area contributed by atoms with Gasteiger partial charge < -0.3 is 10.2 Å². The topological polar surface area (TPSA) is 40.5 Å². The minimum atomic E-state index is -1.00. The van der Waals surface area contributed by atoms with E-state index in [1.54, 1.807) is 6.92 Å². The second kappa shape index (κ2) is 3.90. The van der Waals surface area contributed by atoms with Gasteiger partial charge in [-0.2, -0.15) is 0 Å². The third kappa shape index (κ3) is 3.17. The number of benzene rings is 1. The lowest BCUT2D eigenvalue weighted by molar-refractivity contribution is 0.00232. The fourth-order valence-electron chi connectivity index (χ4n) is 1.20. The van der Waals surface area contributed by atoms with Gasteiger partial charge in [-0.3, -0.25) is 0 Å². The first-order valence-electron chi connectivity index (χ1n) is 4.42. The normalized spacial score (nSPS) is 15.4. The highest BCUT2D eigenvalue weighted by Gasteiger charge is 2.18. The first kappa shape index (κ1) is 10.2. The summed E-state index contributed by atoms with van der Waals surface area (Å²) in [7, 11) is 0. The average molecular weight is 180 g/mol. The van der Waals surface area contributed by atoms with Crippen molar-refractivity contribution in [1.82, 2.24) is 0 Å². The molecule has 0 saturated heterocycles. The molecule has 0 heterocycles. The quantitative estimate of drug-likeness (QED) is 0.735. The molecule has 0 aromatic heterocycles. The van der Waals surface area contributed by atoms with Crippen LogP contribution in [-0.4, -0.2) is 22.4 Å². The first-order chi connectivity index (χ1) is 6.03. The minimum Gasteiger partial charge on any atom is -0.393 e. The van der Waals surface area contributed by atoms with E-state index in [-0.39, 0.29) is 6.61 Å². The largest absolute Gasteiger partial charge is 0.393 e. The molecule has 0 saturated carbocycles. The molecule has 0 spiro atoms. The summed E-state index contributed by atoms with van der Waals surface area (Å²) in [5.41, 5.74) is 1.24. The molecule has 2 heteroatoms. The van der Waals surface area contributed by atoms with Crippen LogP contribution in [0.3, 0.4) is 0 Å². The van der Waals surface area contributed by atoms with E-state index in [1.807, 2.05) is 31.2 Å². The third-order valence-corrected chi connectivity index (χ3v) is 2.05. The summed E-state index contributed by atoms with van der Waals surface area (Å²) < 4.78 is 0. The van der Waals surface area contributed by atoms with Crippen LogP contribution in [0.25, 0.3) is 0 Å². The average Bonchev–Trinajstić information content (AvgIpc) is 2.09. The van der Waals surface area contributed by atoms with Gasteiger partial charge in [0.25, 0.3) is 0 Å². The molecule has 0 aliphatic carbocycles. The maximum Gasteiger partial charge on any atom is 0.0889 e. The molecular formula is C11H16O2. The Hall–Kier alpha value is -0.860. The molecule has 1 aromatic rings. The van der Waals surface area contributed by atoms with Crippen LogP contribution in [0.15, 0.2) is 24.3 Å². The predicted molar refractivity (Wildman–Crippen MR) is 52.6 cm³/mol. The van der Waals surface area contributed by atoms with Crippen molar-refractivity contribution in [2.24, 2.45) is 0 Å². The molecule has 1 atom stereocenters. The molecule has 2 nitrogen and oxygen atoms in total. The van der Waals surface area contributed by atoms with E-state index < -0.39 is 5.60 Å². The highest BCUT2D eigenvalue weighted by molar-refractivity contribution is 5.22. The molecule has 13 heavy (non-hydrogen) atoms. The van der Waals surface area contributed by atoms with E-state index in [2.05, 4.69) is 0 Å². The summed E-state index contributed by atoms with van der Waals surface area (Å²) in [6.45, 7) is 3.45. The molecule has 0 aliphatic rings. The molecule has 72 valence electrons. The van der Waals surface area contributed by atoms with Crippen LogP contribution in [-0.2, 0) is 6.42 Å². The molecule has 0 aliphatic heterocycles. The fraction of sp³-hybridized carbons (Fsp3) is 0.455. The molecule has 0 bridgehead atoms. The monoisotopic (exact) mass is 180 g/mol. The van der Waals surface area contributed by atoms with E-state index in [9.17, 15) is 5.11 Å². The van der Waals surface area contributed by atoms with Crippen LogP contribution in [0.2, 0.25) is 0 Å². The Morgan fingerprint density at radius 1 is 1.23 bits per heavy atom. The second-order valence-electron chi connectivity index (χ2n) is 3.82. The van der Waals surface area contributed by atoms with Gasteiger partial charge in [-0.25, -0.2) is 0 Å². The molecule has 0 amide bonds. The molecular weight excluding hydrogens is 164 g/mol. The number of aliphatic hydroxyl groups is 2. The summed E-state index contributed by atoms with van der Waals surface area (Å²) in [6, 6.07) is 7.95. The maximum absolute atomic E-state index is 9.60. The maximum atomic E-state index is 9.60. The third-order valence-electron chi connectivity index (χ3n) is 2.05. The lowest BCUT2D eigenvalue weighted by atomic mass is 9.97. The van der Waals surface area contributed by atoms with Gasteiger partial charge in [0.2, 0.25) is 0 Å². The first-order valence-corrected chi connectivity index (χ1v) is 4.42. The molecule has 0 fully saturated rings. The van der Waals surface area contributed by atoms with Crippen LogP contribution < -0.4 is 0 Å². The van der Waals surface area contributed by atoms with Crippen molar-refractivity contribution >= 4 is 0 Å². The predicted octanol–water partition coefficient (Wildman–Crippen LogP) is 1.28. The van der Waals surface area contributed by atoms with E-state index >= 15 is 0 Å². The lowest BCUT2D eigenvalue weighted by Crippen LogP contribution is -2.31. The molecule has 2 N–H and O–H groups in total. The van der Waals surface area contributed by atoms with Crippen LogP contribution in [0.5, 0.6) is 0 Å².